The van der Waals surface area contributed by atoms with Gasteiger partial charge < -0.3 is 4.74 Å². The summed E-state index contributed by atoms with van der Waals surface area (Å²) in [6, 6.07) is 4.50. The van der Waals surface area contributed by atoms with Crippen molar-refractivity contribution in [2.24, 2.45) is 0 Å². The quantitative estimate of drug-likeness (QED) is 0.832. The maximum atomic E-state index is 13.1. The molecule has 1 rings (SSSR count). The molecular weight excluding hydrogens is 287 g/mol. The fraction of sp³-hybridized carbons (Fsp3) is 0.462. The standard InChI is InChI=1S/C13H16BrFO2/c1-13(2,17-3)8-12(16)6-9-4-10(14)7-11(15)5-9/h4-5,7H,6,8H2,1-3H3. The zero-order chi connectivity index (χ0) is 13.1. The minimum Gasteiger partial charge on any atom is -0.378 e. The Hall–Kier alpha value is -0.740. The third kappa shape index (κ3) is 4.96. The lowest BCUT2D eigenvalue weighted by atomic mass is 9.97. The average molecular weight is 303 g/mol. The lowest BCUT2D eigenvalue weighted by Gasteiger charge is -2.21. The summed E-state index contributed by atoms with van der Waals surface area (Å²) in [5.41, 5.74) is 0.204. The van der Waals surface area contributed by atoms with E-state index < -0.39 is 5.60 Å². The third-order valence-electron chi connectivity index (χ3n) is 2.50. The first-order valence-corrected chi connectivity index (χ1v) is 6.13. The molecular formula is C13H16BrFO2. The van der Waals surface area contributed by atoms with Crippen LogP contribution < -0.4 is 0 Å². The smallest absolute Gasteiger partial charge is 0.140 e. The summed E-state index contributed by atoms with van der Waals surface area (Å²) in [6.07, 6.45) is 0.542. The van der Waals surface area contributed by atoms with Crippen molar-refractivity contribution in [2.75, 3.05) is 7.11 Å². The second-order valence-corrected chi connectivity index (χ2v) is 5.55. The fourth-order valence-corrected chi connectivity index (χ4v) is 2.06. The van der Waals surface area contributed by atoms with Gasteiger partial charge in [0.05, 0.1) is 5.60 Å². The van der Waals surface area contributed by atoms with E-state index in [-0.39, 0.29) is 18.0 Å². The van der Waals surface area contributed by atoms with E-state index in [1.807, 2.05) is 13.8 Å². The maximum absolute atomic E-state index is 13.1. The van der Waals surface area contributed by atoms with Gasteiger partial charge in [-0.1, -0.05) is 15.9 Å². The molecule has 0 atom stereocenters. The van der Waals surface area contributed by atoms with Crippen molar-refractivity contribution in [2.45, 2.75) is 32.3 Å². The monoisotopic (exact) mass is 302 g/mol. The van der Waals surface area contributed by atoms with Crippen molar-refractivity contribution < 1.29 is 13.9 Å². The first-order chi connectivity index (χ1) is 7.82. The van der Waals surface area contributed by atoms with Gasteiger partial charge in [-0.3, -0.25) is 4.79 Å². The van der Waals surface area contributed by atoms with Crippen molar-refractivity contribution in [3.63, 3.8) is 0 Å². The maximum Gasteiger partial charge on any atom is 0.140 e. The third-order valence-corrected chi connectivity index (χ3v) is 2.96. The number of ketones is 1. The Labute approximate surface area is 109 Å². The van der Waals surface area contributed by atoms with Crippen LogP contribution in [0.2, 0.25) is 0 Å². The van der Waals surface area contributed by atoms with Crippen LogP contribution in [0.25, 0.3) is 0 Å². The summed E-state index contributed by atoms with van der Waals surface area (Å²) in [4.78, 5) is 11.8. The molecule has 0 unspecified atom stereocenters. The van der Waals surface area contributed by atoms with Crippen molar-refractivity contribution in [1.29, 1.82) is 0 Å². The van der Waals surface area contributed by atoms with Crippen LogP contribution in [0.5, 0.6) is 0 Å². The van der Waals surface area contributed by atoms with Crippen LogP contribution in [-0.4, -0.2) is 18.5 Å². The predicted octanol–water partition coefficient (Wildman–Crippen LogP) is 3.51. The highest BCUT2D eigenvalue weighted by molar-refractivity contribution is 9.10. The number of ether oxygens (including phenoxy) is 1. The number of carbonyl (C=O) groups excluding carboxylic acids is 1. The summed E-state index contributed by atoms with van der Waals surface area (Å²) < 4.78 is 19.0. The Bertz CT molecular complexity index is 396. The van der Waals surface area contributed by atoms with Gasteiger partial charge in [0.15, 0.2) is 0 Å². The Balaban J connectivity index is 2.68. The summed E-state index contributed by atoms with van der Waals surface area (Å²) >= 11 is 3.20. The largest absolute Gasteiger partial charge is 0.378 e. The summed E-state index contributed by atoms with van der Waals surface area (Å²) in [6.45, 7) is 3.71. The number of Topliss-reactive ketones (excluding diaryl/α,β-unsaturated/α-hetero) is 1. The van der Waals surface area contributed by atoms with Crippen molar-refractivity contribution in [3.8, 4) is 0 Å². The molecule has 1 aromatic carbocycles. The van der Waals surface area contributed by atoms with Gasteiger partial charge in [0, 0.05) is 24.4 Å². The Morgan fingerprint density at radius 3 is 2.59 bits per heavy atom. The molecule has 4 heteroatoms. The van der Waals surface area contributed by atoms with E-state index in [1.54, 1.807) is 13.2 Å². The molecule has 0 radical (unpaired) electrons. The highest BCUT2D eigenvalue weighted by Gasteiger charge is 2.21. The van der Waals surface area contributed by atoms with E-state index in [9.17, 15) is 9.18 Å². The number of methoxy groups -OCH3 is 1. The van der Waals surface area contributed by atoms with Gasteiger partial charge in [-0.05, 0) is 37.6 Å². The Morgan fingerprint density at radius 1 is 1.41 bits per heavy atom. The number of rotatable bonds is 5. The predicted molar refractivity (Wildman–Crippen MR) is 68.5 cm³/mol. The van der Waals surface area contributed by atoms with Crippen LogP contribution in [0, 0.1) is 5.82 Å². The molecule has 0 spiro atoms. The second-order valence-electron chi connectivity index (χ2n) is 4.63. The summed E-state index contributed by atoms with van der Waals surface area (Å²) in [7, 11) is 1.58. The lowest BCUT2D eigenvalue weighted by molar-refractivity contribution is -0.123. The van der Waals surface area contributed by atoms with Crippen LogP contribution in [0.4, 0.5) is 4.39 Å². The molecule has 0 aliphatic heterocycles. The van der Waals surface area contributed by atoms with Crippen molar-refractivity contribution >= 4 is 21.7 Å². The molecule has 17 heavy (non-hydrogen) atoms. The zero-order valence-electron chi connectivity index (χ0n) is 10.2. The molecule has 0 saturated heterocycles. The van der Waals surface area contributed by atoms with E-state index in [1.165, 1.54) is 12.1 Å². The van der Waals surface area contributed by atoms with Gasteiger partial charge in [-0.2, -0.15) is 0 Å². The fourth-order valence-electron chi connectivity index (χ4n) is 1.55. The van der Waals surface area contributed by atoms with Crippen molar-refractivity contribution in [3.05, 3.63) is 34.1 Å². The van der Waals surface area contributed by atoms with Crippen LogP contribution in [0.15, 0.2) is 22.7 Å². The molecule has 0 bridgehead atoms. The van der Waals surface area contributed by atoms with Crippen LogP contribution >= 0.6 is 15.9 Å². The van der Waals surface area contributed by atoms with E-state index in [0.717, 1.165) is 0 Å². The number of hydrogen-bond acceptors (Lipinski definition) is 2. The van der Waals surface area contributed by atoms with Gasteiger partial charge in [0.1, 0.15) is 11.6 Å². The van der Waals surface area contributed by atoms with Gasteiger partial charge >= 0.3 is 0 Å². The molecule has 0 N–H and O–H groups in total. The summed E-state index contributed by atoms with van der Waals surface area (Å²) in [5, 5.41) is 0. The van der Waals surface area contributed by atoms with E-state index in [0.29, 0.717) is 16.5 Å². The number of halogens is 2. The first kappa shape index (κ1) is 14.3. The van der Waals surface area contributed by atoms with Gasteiger partial charge in [-0.15, -0.1) is 0 Å². The Morgan fingerprint density at radius 2 is 2.06 bits per heavy atom. The van der Waals surface area contributed by atoms with Gasteiger partial charge in [-0.25, -0.2) is 4.39 Å². The van der Waals surface area contributed by atoms with E-state index >= 15 is 0 Å². The molecule has 2 nitrogen and oxygen atoms in total. The zero-order valence-corrected chi connectivity index (χ0v) is 11.8. The first-order valence-electron chi connectivity index (χ1n) is 5.34. The van der Waals surface area contributed by atoms with E-state index in [4.69, 9.17) is 4.74 Å². The Kier molecular flexibility index (Phi) is 4.83. The number of hydrogen-bond donors (Lipinski definition) is 0. The molecule has 1 aromatic rings. The SMILES string of the molecule is COC(C)(C)CC(=O)Cc1cc(F)cc(Br)c1. The van der Waals surface area contributed by atoms with Crippen LogP contribution in [0.1, 0.15) is 25.8 Å². The highest BCUT2D eigenvalue weighted by atomic mass is 79.9. The number of carbonyl (C=O) groups is 1. The molecule has 94 valence electrons. The topological polar surface area (TPSA) is 26.3 Å². The lowest BCUT2D eigenvalue weighted by Crippen LogP contribution is -2.27. The molecule has 0 aliphatic carbocycles. The second kappa shape index (κ2) is 5.74. The molecule has 0 fully saturated rings. The molecule has 0 amide bonds. The van der Waals surface area contributed by atoms with Crippen LogP contribution in [0.3, 0.4) is 0 Å². The normalized spacial score (nSPS) is 11.6. The minimum atomic E-state index is -0.471. The van der Waals surface area contributed by atoms with Gasteiger partial charge in [0.2, 0.25) is 0 Å². The molecule has 0 heterocycles. The highest BCUT2D eigenvalue weighted by Crippen LogP contribution is 2.18. The van der Waals surface area contributed by atoms with E-state index in [2.05, 4.69) is 15.9 Å². The van der Waals surface area contributed by atoms with Crippen molar-refractivity contribution in [1.82, 2.24) is 0 Å². The molecule has 0 saturated carbocycles. The minimum absolute atomic E-state index is 0.0364. The average Bonchev–Trinajstić information content (AvgIpc) is 2.14. The molecule has 0 aromatic heterocycles. The van der Waals surface area contributed by atoms with Crippen LogP contribution in [-0.2, 0) is 16.0 Å². The van der Waals surface area contributed by atoms with Gasteiger partial charge in [0.25, 0.3) is 0 Å². The molecule has 0 aliphatic rings. The number of benzene rings is 1. The summed E-state index contributed by atoms with van der Waals surface area (Å²) in [5.74, 6) is -0.303.